The number of piperidine rings is 1. The number of aromatic nitrogens is 1. The molecule has 1 saturated heterocycles. The lowest BCUT2D eigenvalue weighted by Crippen LogP contribution is -2.55. The van der Waals surface area contributed by atoms with Gasteiger partial charge in [0.05, 0.1) is 7.11 Å². The van der Waals surface area contributed by atoms with Crippen LogP contribution in [0.2, 0.25) is 0 Å². The van der Waals surface area contributed by atoms with Gasteiger partial charge in [0.2, 0.25) is 5.91 Å². The van der Waals surface area contributed by atoms with Crippen molar-refractivity contribution in [3.63, 3.8) is 0 Å². The molecule has 6 N–H and O–H groups in total. The number of para-hydroxylation sites is 2. The number of urea groups is 1. The number of carbonyl (C=O) groups is 2. The summed E-state index contributed by atoms with van der Waals surface area (Å²) in [5.74, 6) is 0.380. The number of fused-ring (bicyclic) bond motifs is 3. The van der Waals surface area contributed by atoms with E-state index in [9.17, 15) is 9.59 Å². The van der Waals surface area contributed by atoms with Crippen LogP contribution < -0.4 is 21.7 Å². The molecular formula is C28H33N7O3. The number of H-pyrrole nitrogens is 1. The van der Waals surface area contributed by atoms with Crippen molar-refractivity contribution >= 4 is 34.6 Å². The van der Waals surface area contributed by atoms with E-state index in [-0.39, 0.29) is 17.3 Å². The zero-order valence-electron chi connectivity index (χ0n) is 21.4. The molecule has 0 aliphatic carbocycles. The summed E-state index contributed by atoms with van der Waals surface area (Å²) in [7, 11) is 1.47. The number of nitrogens with two attached hydrogens (primary N) is 2. The topological polar surface area (TPSA) is 142 Å². The highest BCUT2D eigenvalue weighted by Crippen LogP contribution is 2.48. The average molecular weight is 516 g/mol. The van der Waals surface area contributed by atoms with Gasteiger partial charge in [-0.15, -0.1) is 0 Å². The van der Waals surface area contributed by atoms with Crippen LogP contribution >= 0.6 is 0 Å². The van der Waals surface area contributed by atoms with Crippen molar-refractivity contribution < 1.29 is 14.3 Å². The molecule has 2 aromatic carbocycles. The van der Waals surface area contributed by atoms with Crippen molar-refractivity contribution in [1.82, 2.24) is 15.2 Å². The summed E-state index contributed by atoms with van der Waals surface area (Å²) in [4.78, 5) is 36.9. The second-order valence-corrected chi connectivity index (χ2v) is 9.90. The number of hydrogen-bond donors (Lipinski definition) is 4. The van der Waals surface area contributed by atoms with Crippen molar-refractivity contribution in [2.24, 2.45) is 16.5 Å². The first-order valence-electron chi connectivity index (χ1n) is 12.7. The maximum Gasteiger partial charge on any atom is 0.312 e. The van der Waals surface area contributed by atoms with Crippen molar-refractivity contribution in [2.45, 2.75) is 30.7 Å². The minimum absolute atomic E-state index is 0.0528. The smallest absolute Gasteiger partial charge is 0.312 e. The van der Waals surface area contributed by atoms with Crippen molar-refractivity contribution in [3.05, 3.63) is 78.3 Å². The highest BCUT2D eigenvalue weighted by molar-refractivity contribution is 5.89. The van der Waals surface area contributed by atoms with Crippen LogP contribution in [0.1, 0.15) is 24.0 Å². The summed E-state index contributed by atoms with van der Waals surface area (Å²) in [5, 5.41) is 3.70. The number of aromatic amines is 1. The van der Waals surface area contributed by atoms with Crippen LogP contribution in [0.15, 0.2) is 72.1 Å². The number of methoxy groups -OCH3 is 1. The molecule has 10 nitrogen and oxygen atoms in total. The number of anilines is 1. The molecule has 3 amide bonds. The lowest BCUT2D eigenvalue weighted by atomic mass is 9.74. The molecule has 0 saturated carbocycles. The Morgan fingerprint density at radius 2 is 1.87 bits per heavy atom. The zero-order valence-corrected chi connectivity index (χ0v) is 21.4. The zero-order chi connectivity index (χ0) is 26.9. The third-order valence-electron chi connectivity index (χ3n) is 7.73. The first kappa shape index (κ1) is 25.2. The van der Waals surface area contributed by atoms with E-state index in [2.05, 4.69) is 38.9 Å². The first-order chi connectivity index (χ1) is 18.3. The number of ether oxygens (including phenoxy) is 1. The Balaban J connectivity index is 1.33. The molecule has 3 heterocycles. The number of benzene rings is 2. The molecule has 2 aliphatic rings. The van der Waals surface area contributed by atoms with Crippen molar-refractivity contribution in [3.8, 4) is 0 Å². The second-order valence-electron chi connectivity index (χ2n) is 9.90. The number of carbonyl (C=O) groups excluding carboxylic acids is 2. The Hall–Kier alpha value is -4.47. The third kappa shape index (κ3) is 4.65. The molecule has 1 aromatic heterocycles. The summed E-state index contributed by atoms with van der Waals surface area (Å²) in [6.45, 7) is 5.91. The predicted octanol–water partition coefficient (Wildman–Crippen LogP) is 2.56. The Labute approximate surface area is 221 Å². The minimum Gasteiger partial charge on any atom is -0.468 e. The maximum absolute atomic E-state index is 13.6. The molecule has 5 rings (SSSR count). The standard InChI is InChI=1S/C28H33N7O3/c1-18(32-27(30)38-2)35-17-28(21-8-4-6-10-24(21)35)11-13-34(14-12-28)25(36)23(33-26(29)37)15-19-16-31-22-9-5-3-7-20(19)22/h3-10,16,23,31H,1,11-15,17H2,2H3,(H2,30,32)(H3,29,33,37). The van der Waals surface area contributed by atoms with Gasteiger partial charge >= 0.3 is 6.03 Å². The van der Waals surface area contributed by atoms with E-state index < -0.39 is 12.1 Å². The molecule has 1 atom stereocenters. The summed E-state index contributed by atoms with van der Waals surface area (Å²) < 4.78 is 5.01. The second kappa shape index (κ2) is 10.1. The van der Waals surface area contributed by atoms with Gasteiger partial charge in [0.25, 0.3) is 6.02 Å². The third-order valence-corrected chi connectivity index (χ3v) is 7.73. The van der Waals surface area contributed by atoms with Gasteiger partial charge in [0.15, 0.2) is 0 Å². The summed E-state index contributed by atoms with van der Waals surface area (Å²) in [6, 6.07) is 14.7. The van der Waals surface area contributed by atoms with Crippen LogP contribution in [-0.4, -0.2) is 60.6 Å². The van der Waals surface area contributed by atoms with Gasteiger partial charge in [0, 0.05) is 54.3 Å². The number of hydrogen-bond acceptors (Lipinski definition) is 5. The largest absolute Gasteiger partial charge is 0.468 e. The van der Waals surface area contributed by atoms with Gasteiger partial charge in [-0.2, -0.15) is 4.99 Å². The highest BCUT2D eigenvalue weighted by atomic mass is 16.5. The maximum atomic E-state index is 13.6. The Bertz CT molecular complexity index is 1400. The number of primary amides is 1. The Morgan fingerprint density at radius 3 is 2.61 bits per heavy atom. The van der Waals surface area contributed by atoms with Crippen molar-refractivity contribution in [1.29, 1.82) is 0 Å². The molecule has 1 spiro atoms. The van der Waals surface area contributed by atoms with E-state index in [1.807, 2.05) is 47.5 Å². The fourth-order valence-electron chi connectivity index (χ4n) is 5.79. The van der Waals surface area contributed by atoms with Gasteiger partial charge in [-0.25, -0.2) is 4.79 Å². The van der Waals surface area contributed by atoms with Crippen LogP contribution in [0.3, 0.4) is 0 Å². The molecule has 0 bridgehead atoms. The van der Waals surface area contributed by atoms with Crippen LogP contribution in [0, 0.1) is 0 Å². The Morgan fingerprint density at radius 1 is 1.16 bits per heavy atom. The number of amidine groups is 1. The molecule has 38 heavy (non-hydrogen) atoms. The van der Waals surface area contributed by atoms with Gasteiger partial charge < -0.3 is 36.3 Å². The monoisotopic (exact) mass is 515 g/mol. The molecule has 10 heteroatoms. The summed E-state index contributed by atoms with van der Waals surface area (Å²) in [5.41, 5.74) is 15.3. The number of aliphatic imine (C=N–C) groups is 1. The van der Waals surface area contributed by atoms with Crippen LogP contribution in [0.4, 0.5) is 10.5 Å². The fraction of sp³-hybridized carbons (Fsp3) is 0.321. The fourth-order valence-corrected chi connectivity index (χ4v) is 5.79. The molecule has 3 aromatic rings. The van der Waals surface area contributed by atoms with Gasteiger partial charge in [-0.3, -0.25) is 4.79 Å². The summed E-state index contributed by atoms with van der Waals surface area (Å²) in [6.07, 6.45) is 3.76. The predicted molar refractivity (Wildman–Crippen MR) is 148 cm³/mol. The average Bonchev–Trinajstić information content (AvgIpc) is 3.47. The number of likely N-dealkylation sites (tertiary alicyclic amines) is 1. The Kier molecular flexibility index (Phi) is 6.71. The number of nitrogens with zero attached hydrogens (tertiary/aromatic N) is 3. The van der Waals surface area contributed by atoms with Crippen LogP contribution in [0.5, 0.6) is 0 Å². The van der Waals surface area contributed by atoms with E-state index in [4.69, 9.17) is 16.2 Å². The van der Waals surface area contributed by atoms with E-state index in [0.717, 1.165) is 35.0 Å². The molecule has 1 unspecified atom stereocenters. The van der Waals surface area contributed by atoms with Gasteiger partial charge in [0.1, 0.15) is 11.9 Å². The SMILES string of the molecule is C=C(/N=C(/N)OC)N1CC2(CCN(C(=O)C(Cc3c[nH]c4ccccc34)NC(N)=O)CC2)c2ccccc21. The normalized spacial score (nSPS) is 17.3. The lowest BCUT2D eigenvalue weighted by molar-refractivity contribution is -0.134. The van der Waals surface area contributed by atoms with E-state index in [0.29, 0.717) is 31.9 Å². The van der Waals surface area contributed by atoms with Gasteiger partial charge in [-0.1, -0.05) is 43.0 Å². The van der Waals surface area contributed by atoms with E-state index >= 15 is 0 Å². The highest BCUT2D eigenvalue weighted by Gasteiger charge is 2.46. The number of nitrogens with one attached hydrogen (secondary N) is 2. The van der Waals surface area contributed by atoms with Crippen molar-refractivity contribution in [2.75, 3.05) is 31.6 Å². The number of rotatable bonds is 6. The quantitative estimate of drug-likeness (QED) is 0.295. The number of amides is 3. The molecular weight excluding hydrogens is 482 g/mol. The van der Waals surface area contributed by atoms with E-state index in [1.54, 1.807) is 0 Å². The molecule has 1 fully saturated rings. The van der Waals surface area contributed by atoms with Crippen LogP contribution in [-0.2, 0) is 21.4 Å². The molecule has 0 radical (unpaired) electrons. The van der Waals surface area contributed by atoms with E-state index in [1.165, 1.54) is 12.7 Å². The first-order valence-corrected chi connectivity index (χ1v) is 12.7. The van der Waals surface area contributed by atoms with Gasteiger partial charge in [-0.05, 0) is 36.1 Å². The summed E-state index contributed by atoms with van der Waals surface area (Å²) >= 11 is 0. The molecule has 198 valence electrons. The molecule has 2 aliphatic heterocycles. The minimum atomic E-state index is -0.751. The van der Waals surface area contributed by atoms with Crippen LogP contribution in [0.25, 0.3) is 10.9 Å². The lowest BCUT2D eigenvalue weighted by Gasteiger charge is -2.41.